The number of carbonyl (C=O) groups excluding carboxylic acids is 1. The van der Waals surface area contributed by atoms with Crippen molar-refractivity contribution >= 4 is 62.3 Å². The molecule has 0 unspecified atom stereocenters. The topological polar surface area (TPSA) is 129 Å². The molecule has 6 aromatic rings. The fourth-order valence-electron chi connectivity index (χ4n) is 4.52. The number of thioether (sulfide) groups is 1. The van der Waals surface area contributed by atoms with Gasteiger partial charge in [0.25, 0.3) is 5.69 Å². The second-order valence-electron chi connectivity index (χ2n) is 9.46. The third-order valence-corrected chi connectivity index (χ3v) is 8.56. The Hall–Kier alpha value is -4.91. The van der Waals surface area contributed by atoms with E-state index in [2.05, 4.69) is 27.1 Å². The summed E-state index contributed by atoms with van der Waals surface area (Å²) in [6.07, 6.45) is 1.76. The van der Waals surface area contributed by atoms with E-state index in [9.17, 15) is 14.9 Å². The molecule has 0 aliphatic rings. The Kier molecular flexibility index (Phi) is 8.46. The van der Waals surface area contributed by atoms with E-state index in [1.54, 1.807) is 23.6 Å². The van der Waals surface area contributed by atoms with Crippen LogP contribution in [0.5, 0.6) is 0 Å². The van der Waals surface area contributed by atoms with Crippen LogP contribution in [0.15, 0.2) is 102 Å². The van der Waals surface area contributed by atoms with Crippen molar-refractivity contribution in [2.45, 2.75) is 11.7 Å². The number of nitrogens with one attached hydrogen (secondary N) is 1. The van der Waals surface area contributed by atoms with Gasteiger partial charge in [0.05, 0.1) is 27.6 Å². The average molecular weight is 640 g/mol. The minimum Gasteiger partial charge on any atom is -0.301 e. The minimum atomic E-state index is -0.454. The van der Waals surface area contributed by atoms with E-state index >= 15 is 0 Å². The number of benzene rings is 3. The van der Waals surface area contributed by atoms with Crippen LogP contribution in [0.4, 0.5) is 10.8 Å². The van der Waals surface area contributed by atoms with Gasteiger partial charge in [-0.1, -0.05) is 59.8 Å². The number of thiazole rings is 1. The molecule has 1 N–H and O–H groups in total. The maximum Gasteiger partial charge on any atom is 0.269 e. The van der Waals surface area contributed by atoms with Crippen molar-refractivity contribution in [3.63, 3.8) is 0 Å². The minimum absolute atomic E-state index is 0.00103. The summed E-state index contributed by atoms with van der Waals surface area (Å²) < 4.78 is 1.93. The molecule has 3 aromatic heterocycles. The number of amides is 1. The lowest BCUT2D eigenvalue weighted by Gasteiger charge is -2.12. The predicted octanol–water partition coefficient (Wildman–Crippen LogP) is 7.76. The monoisotopic (exact) mass is 639 g/mol. The Balaban J connectivity index is 1.22. The smallest absolute Gasteiger partial charge is 0.269 e. The van der Waals surface area contributed by atoms with Crippen molar-refractivity contribution in [2.24, 2.45) is 0 Å². The van der Waals surface area contributed by atoms with E-state index in [4.69, 9.17) is 16.6 Å². The summed E-state index contributed by atoms with van der Waals surface area (Å²) in [4.78, 5) is 32.6. The molecule has 13 heteroatoms. The van der Waals surface area contributed by atoms with Crippen LogP contribution in [0.3, 0.4) is 0 Å². The lowest BCUT2D eigenvalue weighted by atomic mass is 10.0. The first kappa shape index (κ1) is 29.2. The van der Waals surface area contributed by atoms with Gasteiger partial charge in [-0.25, -0.2) is 9.97 Å². The van der Waals surface area contributed by atoms with Crippen molar-refractivity contribution in [1.29, 1.82) is 0 Å². The van der Waals surface area contributed by atoms with Crippen LogP contribution in [0, 0.1) is 10.1 Å². The molecule has 10 nitrogen and oxygen atoms in total. The number of hydrogen-bond acceptors (Lipinski definition) is 9. The lowest BCUT2D eigenvalue weighted by Crippen LogP contribution is -2.14. The van der Waals surface area contributed by atoms with Crippen LogP contribution >= 0.6 is 34.7 Å². The third kappa shape index (κ3) is 6.23. The van der Waals surface area contributed by atoms with E-state index in [0.717, 1.165) is 33.3 Å². The SMILES string of the molecule is C=CCn1c(SCC(=O)Nc2nc(-c3ccc([N+](=O)[O-])cc3)cs2)nnc1-c1cc(-c2ccc(Cl)cc2)nc2ccccc12. The Morgan fingerprint density at radius 1 is 1.02 bits per heavy atom. The fraction of sp³-hybridized carbons (Fsp3) is 0.0645. The van der Waals surface area contributed by atoms with Crippen LogP contribution in [0.1, 0.15) is 0 Å². The zero-order chi connectivity index (χ0) is 30.6. The van der Waals surface area contributed by atoms with Gasteiger partial charge < -0.3 is 5.32 Å². The number of carbonyl (C=O) groups is 1. The summed E-state index contributed by atoms with van der Waals surface area (Å²) in [6, 6.07) is 23.4. The van der Waals surface area contributed by atoms with E-state index in [1.807, 2.05) is 59.2 Å². The fourth-order valence-corrected chi connectivity index (χ4v) is 6.13. The maximum atomic E-state index is 12.9. The number of para-hydroxylation sites is 1. The van der Waals surface area contributed by atoms with Gasteiger partial charge in [-0.15, -0.1) is 28.1 Å². The molecule has 0 radical (unpaired) electrons. The summed E-state index contributed by atoms with van der Waals surface area (Å²) in [6.45, 7) is 4.34. The van der Waals surface area contributed by atoms with Crippen LogP contribution in [0.2, 0.25) is 5.02 Å². The van der Waals surface area contributed by atoms with E-state index in [1.165, 1.54) is 35.2 Å². The largest absolute Gasteiger partial charge is 0.301 e. The molecular formula is C31H22ClN7O3S2. The van der Waals surface area contributed by atoms with Crippen LogP contribution in [-0.2, 0) is 11.3 Å². The number of pyridine rings is 1. The number of aromatic nitrogens is 5. The molecule has 1 amide bonds. The highest BCUT2D eigenvalue weighted by molar-refractivity contribution is 7.99. The van der Waals surface area contributed by atoms with Crippen LogP contribution in [0.25, 0.3) is 44.8 Å². The molecule has 0 saturated carbocycles. The lowest BCUT2D eigenvalue weighted by molar-refractivity contribution is -0.384. The number of anilines is 1. The molecule has 44 heavy (non-hydrogen) atoms. The molecular weight excluding hydrogens is 618 g/mol. The van der Waals surface area contributed by atoms with Gasteiger partial charge in [-0.3, -0.25) is 19.5 Å². The quantitative estimate of drug-likeness (QED) is 0.0697. The van der Waals surface area contributed by atoms with Gasteiger partial charge in [0.15, 0.2) is 16.1 Å². The summed E-state index contributed by atoms with van der Waals surface area (Å²) in [5.41, 5.74) is 4.69. The standard InChI is InChI=1S/C31H22ClN7O3S2/c1-2-15-38-29(24-16-26(19-7-11-21(32)12-8-19)33-25-6-4-3-5-23(24)25)36-37-31(38)44-18-28(40)35-30-34-27(17-43-30)20-9-13-22(14-10-20)39(41)42/h2-14,16-17H,1,15,18H2,(H,34,35,40). The first-order valence-electron chi connectivity index (χ1n) is 13.2. The summed E-state index contributed by atoms with van der Waals surface area (Å²) in [5.74, 6) is 0.456. The number of hydrogen-bond donors (Lipinski definition) is 1. The average Bonchev–Trinajstić information content (AvgIpc) is 3.67. The third-order valence-electron chi connectivity index (χ3n) is 6.58. The van der Waals surface area contributed by atoms with E-state index < -0.39 is 4.92 Å². The van der Waals surface area contributed by atoms with E-state index in [-0.39, 0.29) is 17.3 Å². The Morgan fingerprint density at radius 2 is 1.75 bits per heavy atom. The first-order chi connectivity index (χ1) is 21.4. The van der Waals surface area contributed by atoms with Gasteiger partial charge in [0.2, 0.25) is 5.91 Å². The van der Waals surface area contributed by atoms with Crippen molar-refractivity contribution < 1.29 is 9.72 Å². The molecule has 0 fully saturated rings. The Bertz CT molecular complexity index is 2010. The number of allylic oxidation sites excluding steroid dienone is 1. The van der Waals surface area contributed by atoms with Gasteiger partial charge in [-0.2, -0.15) is 0 Å². The Labute approximate surface area is 264 Å². The summed E-state index contributed by atoms with van der Waals surface area (Å²) in [7, 11) is 0. The molecule has 0 aliphatic carbocycles. The highest BCUT2D eigenvalue weighted by Crippen LogP contribution is 2.34. The van der Waals surface area contributed by atoms with Gasteiger partial charge >= 0.3 is 0 Å². The van der Waals surface area contributed by atoms with Crippen LogP contribution < -0.4 is 5.32 Å². The van der Waals surface area contributed by atoms with Crippen molar-refractivity contribution in [1.82, 2.24) is 24.7 Å². The number of fused-ring (bicyclic) bond motifs is 1. The summed E-state index contributed by atoms with van der Waals surface area (Å²) in [5, 5.41) is 27.0. The Morgan fingerprint density at radius 3 is 2.50 bits per heavy atom. The van der Waals surface area contributed by atoms with Crippen molar-refractivity contribution in [3.05, 3.63) is 112 Å². The number of rotatable bonds is 10. The van der Waals surface area contributed by atoms with Gasteiger partial charge in [-0.05, 0) is 36.4 Å². The number of nitro benzene ring substituents is 1. The molecule has 0 bridgehead atoms. The molecule has 6 rings (SSSR count). The zero-order valence-corrected chi connectivity index (χ0v) is 25.3. The number of nitrogens with zero attached hydrogens (tertiary/aromatic N) is 6. The van der Waals surface area contributed by atoms with Crippen LogP contribution in [-0.4, -0.2) is 41.3 Å². The predicted molar refractivity (Wildman–Crippen MR) is 175 cm³/mol. The van der Waals surface area contributed by atoms with Gasteiger partial charge in [0.1, 0.15) is 0 Å². The zero-order valence-electron chi connectivity index (χ0n) is 22.9. The second kappa shape index (κ2) is 12.8. The second-order valence-corrected chi connectivity index (χ2v) is 11.7. The van der Waals surface area contributed by atoms with Crippen molar-refractivity contribution in [3.8, 4) is 33.9 Å². The molecule has 0 aliphatic heterocycles. The maximum absolute atomic E-state index is 12.9. The normalized spacial score (nSPS) is 11.0. The molecule has 3 aromatic carbocycles. The van der Waals surface area contributed by atoms with Gasteiger partial charge in [0, 0.05) is 51.2 Å². The molecule has 0 atom stereocenters. The number of nitro groups is 1. The number of halogens is 1. The molecule has 0 spiro atoms. The van der Waals surface area contributed by atoms with Crippen molar-refractivity contribution in [2.75, 3.05) is 11.1 Å². The highest BCUT2D eigenvalue weighted by atomic mass is 35.5. The summed E-state index contributed by atoms with van der Waals surface area (Å²) >= 11 is 8.64. The molecule has 218 valence electrons. The number of non-ortho nitro benzene ring substituents is 1. The molecule has 0 saturated heterocycles. The highest BCUT2D eigenvalue weighted by Gasteiger charge is 2.19. The van der Waals surface area contributed by atoms with E-state index in [0.29, 0.717) is 33.4 Å². The first-order valence-corrected chi connectivity index (χ1v) is 15.5. The molecule has 3 heterocycles.